The van der Waals surface area contributed by atoms with E-state index in [1.807, 2.05) is 24.3 Å². The first-order valence-corrected chi connectivity index (χ1v) is 9.65. The molecule has 0 aliphatic carbocycles. The molecule has 1 heterocycles. The number of rotatable bonds is 8. The third-order valence-electron chi connectivity index (χ3n) is 4.51. The highest BCUT2D eigenvalue weighted by atomic mass is 35.5. The zero-order valence-corrected chi connectivity index (χ0v) is 16.1. The van der Waals surface area contributed by atoms with Crippen molar-refractivity contribution in [3.63, 3.8) is 0 Å². The van der Waals surface area contributed by atoms with Crippen LogP contribution in [-0.2, 0) is 11.3 Å². The van der Waals surface area contributed by atoms with Gasteiger partial charge in [-0.25, -0.2) is 0 Å². The summed E-state index contributed by atoms with van der Waals surface area (Å²) in [7, 11) is 0. The fourth-order valence-corrected chi connectivity index (χ4v) is 3.10. The minimum atomic E-state index is -0.0605. The molecule has 3 rings (SSSR count). The maximum Gasteiger partial charge on any atom is 0.251 e. The lowest BCUT2D eigenvalue weighted by Gasteiger charge is -2.26. The van der Waals surface area contributed by atoms with Crippen molar-refractivity contribution in [1.82, 2.24) is 10.2 Å². The third kappa shape index (κ3) is 6.24. The van der Waals surface area contributed by atoms with Gasteiger partial charge in [0.1, 0.15) is 12.4 Å². The molecule has 0 aromatic heterocycles. The standard InChI is InChI=1S/C21H25ClN2O3/c22-20-5-2-1-4-18(20)16-27-19-8-6-17(7-9-19)21(25)23-10-3-11-24-12-14-26-15-13-24/h1-2,4-9H,3,10-16H2,(H,23,25). The maximum absolute atomic E-state index is 12.2. The Morgan fingerprint density at radius 1 is 1.11 bits per heavy atom. The Labute approximate surface area is 165 Å². The molecule has 5 nitrogen and oxygen atoms in total. The van der Waals surface area contributed by atoms with Gasteiger partial charge in [-0.3, -0.25) is 9.69 Å². The van der Waals surface area contributed by atoms with Gasteiger partial charge in [-0.05, 0) is 43.3 Å². The predicted octanol–water partition coefficient (Wildman–Crippen LogP) is 3.37. The quantitative estimate of drug-likeness (QED) is 0.704. The molecule has 1 N–H and O–H groups in total. The van der Waals surface area contributed by atoms with Gasteiger partial charge >= 0.3 is 0 Å². The zero-order chi connectivity index (χ0) is 18.9. The van der Waals surface area contributed by atoms with E-state index < -0.39 is 0 Å². The van der Waals surface area contributed by atoms with Crippen molar-refractivity contribution < 1.29 is 14.3 Å². The highest BCUT2D eigenvalue weighted by molar-refractivity contribution is 6.31. The molecule has 6 heteroatoms. The molecule has 0 unspecified atom stereocenters. The fraction of sp³-hybridized carbons (Fsp3) is 0.381. The lowest BCUT2D eigenvalue weighted by atomic mass is 10.2. The molecule has 1 amide bonds. The van der Waals surface area contributed by atoms with E-state index in [1.165, 1.54) is 0 Å². The van der Waals surface area contributed by atoms with Gasteiger partial charge in [-0.1, -0.05) is 29.8 Å². The number of ether oxygens (including phenoxy) is 2. The van der Waals surface area contributed by atoms with Crippen LogP contribution < -0.4 is 10.1 Å². The number of nitrogens with zero attached hydrogens (tertiary/aromatic N) is 1. The molecule has 144 valence electrons. The summed E-state index contributed by atoms with van der Waals surface area (Å²) >= 11 is 6.13. The molecule has 0 spiro atoms. The van der Waals surface area contributed by atoms with Crippen molar-refractivity contribution in [2.75, 3.05) is 39.4 Å². The molecule has 2 aromatic carbocycles. The minimum Gasteiger partial charge on any atom is -0.489 e. The third-order valence-corrected chi connectivity index (χ3v) is 4.88. The SMILES string of the molecule is O=C(NCCCN1CCOCC1)c1ccc(OCc2ccccc2Cl)cc1. The monoisotopic (exact) mass is 388 g/mol. The molecule has 0 atom stereocenters. The number of carbonyl (C=O) groups is 1. The van der Waals surface area contributed by atoms with Gasteiger partial charge in [0.15, 0.2) is 0 Å². The Bertz CT molecular complexity index is 730. The van der Waals surface area contributed by atoms with Crippen LogP contribution in [0.1, 0.15) is 22.3 Å². The molecule has 27 heavy (non-hydrogen) atoms. The number of hydrogen-bond donors (Lipinski definition) is 1. The molecule has 0 saturated carbocycles. The van der Waals surface area contributed by atoms with Crippen LogP contribution in [0.5, 0.6) is 5.75 Å². The van der Waals surface area contributed by atoms with Crippen molar-refractivity contribution in [3.8, 4) is 5.75 Å². The Morgan fingerprint density at radius 2 is 1.85 bits per heavy atom. The number of nitrogens with one attached hydrogen (secondary N) is 1. The first kappa shape index (κ1) is 19.7. The van der Waals surface area contributed by atoms with Crippen LogP contribution >= 0.6 is 11.6 Å². The lowest BCUT2D eigenvalue weighted by Crippen LogP contribution is -2.38. The van der Waals surface area contributed by atoms with Gasteiger partial charge in [0.05, 0.1) is 13.2 Å². The molecule has 0 radical (unpaired) electrons. The minimum absolute atomic E-state index is 0.0605. The lowest BCUT2D eigenvalue weighted by molar-refractivity contribution is 0.0374. The van der Waals surface area contributed by atoms with Crippen LogP contribution in [0.15, 0.2) is 48.5 Å². The zero-order valence-electron chi connectivity index (χ0n) is 15.3. The Morgan fingerprint density at radius 3 is 2.59 bits per heavy atom. The van der Waals surface area contributed by atoms with E-state index in [0.717, 1.165) is 44.8 Å². The van der Waals surface area contributed by atoms with Crippen molar-refractivity contribution in [3.05, 3.63) is 64.7 Å². The number of carbonyl (C=O) groups excluding carboxylic acids is 1. The second kappa shape index (κ2) is 10.3. The molecule has 1 fully saturated rings. The first-order valence-electron chi connectivity index (χ1n) is 9.27. The van der Waals surface area contributed by atoms with Crippen LogP contribution in [-0.4, -0.2) is 50.2 Å². The molecule has 1 aliphatic rings. The second-order valence-corrected chi connectivity index (χ2v) is 6.88. The average molecular weight is 389 g/mol. The second-order valence-electron chi connectivity index (χ2n) is 6.47. The summed E-state index contributed by atoms with van der Waals surface area (Å²) < 4.78 is 11.1. The van der Waals surface area contributed by atoms with Crippen molar-refractivity contribution in [2.24, 2.45) is 0 Å². The molecular formula is C21H25ClN2O3. The van der Waals surface area contributed by atoms with E-state index >= 15 is 0 Å². The Hall–Kier alpha value is -2.08. The van der Waals surface area contributed by atoms with Gasteiger partial charge in [0.2, 0.25) is 0 Å². The number of amides is 1. The number of halogens is 1. The fourth-order valence-electron chi connectivity index (χ4n) is 2.91. The van der Waals surface area contributed by atoms with E-state index in [4.69, 9.17) is 21.1 Å². The molecular weight excluding hydrogens is 364 g/mol. The van der Waals surface area contributed by atoms with Crippen molar-refractivity contribution in [1.29, 1.82) is 0 Å². The summed E-state index contributed by atoms with van der Waals surface area (Å²) in [6.45, 7) is 5.61. The van der Waals surface area contributed by atoms with E-state index in [-0.39, 0.29) is 5.91 Å². The van der Waals surface area contributed by atoms with E-state index in [9.17, 15) is 4.79 Å². The summed E-state index contributed by atoms with van der Waals surface area (Å²) in [6, 6.07) is 14.8. The summed E-state index contributed by atoms with van der Waals surface area (Å²) in [5, 5.41) is 3.65. The summed E-state index contributed by atoms with van der Waals surface area (Å²) in [5.74, 6) is 0.647. The van der Waals surface area contributed by atoms with Gasteiger partial charge in [-0.2, -0.15) is 0 Å². The normalized spacial score (nSPS) is 14.7. The van der Waals surface area contributed by atoms with Gasteiger partial charge in [0.25, 0.3) is 5.91 Å². The molecule has 1 aliphatic heterocycles. The van der Waals surface area contributed by atoms with Crippen molar-refractivity contribution >= 4 is 17.5 Å². The highest BCUT2D eigenvalue weighted by Crippen LogP contribution is 2.19. The van der Waals surface area contributed by atoms with E-state index in [0.29, 0.717) is 29.5 Å². The smallest absolute Gasteiger partial charge is 0.251 e. The number of hydrogen-bond acceptors (Lipinski definition) is 4. The Kier molecular flexibility index (Phi) is 7.51. The summed E-state index contributed by atoms with van der Waals surface area (Å²) in [5.41, 5.74) is 1.56. The van der Waals surface area contributed by atoms with Crippen molar-refractivity contribution in [2.45, 2.75) is 13.0 Å². The van der Waals surface area contributed by atoms with E-state index in [1.54, 1.807) is 24.3 Å². The largest absolute Gasteiger partial charge is 0.489 e. The van der Waals surface area contributed by atoms with Crippen LogP contribution in [0.4, 0.5) is 0 Å². The maximum atomic E-state index is 12.2. The summed E-state index contributed by atoms with van der Waals surface area (Å²) in [6.07, 6.45) is 0.935. The number of morpholine rings is 1. The van der Waals surface area contributed by atoms with Crippen LogP contribution in [0.25, 0.3) is 0 Å². The summed E-state index contributed by atoms with van der Waals surface area (Å²) in [4.78, 5) is 14.6. The number of benzene rings is 2. The van der Waals surface area contributed by atoms with Crippen LogP contribution in [0.3, 0.4) is 0 Å². The van der Waals surface area contributed by atoms with Gasteiger partial charge < -0.3 is 14.8 Å². The van der Waals surface area contributed by atoms with Crippen LogP contribution in [0, 0.1) is 0 Å². The molecule has 0 bridgehead atoms. The predicted molar refractivity (Wildman–Crippen MR) is 106 cm³/mol. The Balaban J connectivity index is 1.39. The molecule has 1 saturated heterocycles. The average Bonchev–Trinajstić information content (AvgIpc) is 2.72. The topological polar surface area (TPSA) is 50.8 Å². The van der Waals surface area contributed by atoms with E-state index in [2.05, 4.69) is 10.2 Å². The van der Waals surface area contributed by atoms with Crippen LogP contribution in [0.2, 0.25) is 5.02 Å². The van der Waals surface area contributed by atoms with Gasteiger partial charge in [0, 0.05) is 35.8 Å². The highest BCUT2D eigenvalue weighted by Gasteiger charge is 2.10. The van der Waals surface area contributed by atoms with Gasteiger partial charge in [-0.15, -0.1) is 0 Å². The molecule has 2 aromatic rings. The first-order chi connectivity index (χ1) is 13.2.